The standard InChI is InChI=1S/C36H22N6O2/c1-2-10-26-25(9-1)27(35-39-21-33(43-35)31-13-3-11-29(41-31)23-7-5-17-37-19-23)15-16-28(26)36-40-22-34(44-36)32-14-4-12-30(42-32)24-8-6-18-38-20-24/h1-22H. The van der Waals surface area contributed by atoms with E-state index in [4.69, 9.17) is 18.8 Å². The Kier molecular flexibility index (Phi) is 6.27. The summed E-state index contributed by atoms with van der Waals surface area (Å²) in [7, 11) is 0. The van der Waals surface area contributed by atoms with Crippen LogP contribution in [0, 0.1) is 0 Å². The fourth-order valence-corrected chi connectivity index (χ4v) is 5.20. The lowest BCUT2D eigenvalue weighted by Gasteiger charge is -2.07. The molecule has 0 aliphatic heterocycles. The molecular weight excluding hydrogens is 548 g/mol. The van der Waals surface area contributed by atoms with Gasteiger partial charge in [0.15, 0.2) is 11.5 Å². The smallest absolute Gasteiger partial charge is 0.227 e. The molecule has 208 valence electrons. The minimum absolute atomic E-state index is 0.501. The third-order valence-corrected chi connectivity index (χ3v) is 7.31. The van der Waals surface area contributed by atoms with E-state index in [0.29, 0.717) is 34.7 Å². The average Bonchev–Trinajstić information content (AvgIpc) is 3.80. The molecule has 0 atom stereocenters. The van der Waals surface area contributed by atoms with Gasteiger partial charge in [0.25, 0.3) is 0 Å². The van der Waals surface area contributed by atoms with E-state index in [2.05, 4.69) is 19.9 Å². The molecular formula is C36H22N6O2. The van der Waals surface area contributed by atoms with Crippen LogP contribution in [0.3, 0.4) is 0 Å². The van der Waals surface area contributed by atoms with Gasteiger partial charge in [-0.25, -0.2) is 19.9 Å². The molecule has 0 fully saturated rings. The fourth-order valence-electron chi connectivity index (χ4n) is 5.20. The van der Waals surface area contributed by atoms with E-state index < -0.39 is 0 Å². The molecule has 8 heteroatoms. The first-order valence-electron chi connectivity index (χ1n) is 14.0. The zero-order valence-corrected chi connectivity index (χ0v) is 23.2. The van der Waals surface area contributed by atoms with Gasteiger partial charge in [-0.3, -0.25) is 9.97 Å². The predicted molar refractivity (Wildman–Crippen MR) is 168 cm³/mol. The number of hydrogen-bond acceptors (Lipinski definition) is 8. The first kappa shape index (κ1) is 25.4. The number of pyridine rings is 4. The van der Waals surface area contributed by atoms with Gasteiger partial charge in [-0.1, -0.05) is 36.4 Å². The van der Waals surface area contributed by atoms with Crippen molar-refractivity contribution >= 4 is 10.8 Å². The van der Waals surface area contributed by atoms with Crippen LogP contribution >= 0.6 is 0 Å². The van der Waals surface area contributed by atoms with Crippen molar-refractivity contribution in [3.63, 3.8) is 0 Å². The quantitative estimate of drug-likeness (QED) is 0.196. The van der Waals surface area contributed by atoms with Crippen LogP contribution in [0.5, 0.6) is 0 Å². The maximum absolute atomic E-state index is 6.27. The summed E-state index contributed by atoms with van der Waals surface area (Å²) in [6.45, 7) is 0. The molecule has 0 saturated carbocycles. The Morgan fingerprint density at radius 3 is 1.34 bits per heavy atom. The summed E-state index contributed by atoms with van der Waals surface area (Å²) in [5.74, 6) is 2.16. The Balaban J connectivity index is 1.13. The highest BCUT2D eigenvalue weighted by Crippen LogP contribution is 2.37. The molecule has 0 radical (unpaired) electrons. The number of rotatable bonds is 6. The van der Waals surface area contributed by atoms with Crippen molar-refractivity contribution in [2.45, 2.75) is 0 Å². The maximum Gasteiger partial charge on any atom is 0.227 e. The summed E-state index contributed by atoms with van der Waals surface area (Å²) in [4.78, 5) is 27.2. The summed E-state index contributed by atoms with van der Waals surface area (Å²) >= 11 is 0. The number of fused-ring (bicyclic) bond motifs is 1. The summed E-state index contributed by atoms with van der Waals surface area (Å²) in [5, 5.41) is 1.93. The molecule has 0 aliphatic rings. The lowest BCUT2D eigenvalue weighted by atomic mass is 9.99. The minimum atomic E-state index is 0.501. The molecule has 8 aromatic rings. The van der Waals surface area contributed by atoms with Gasteiger partial charge < -0.3 is 8.83 Å². The van der Waals surface area contributed by atoms with Crippen LogP contribution in [-0.4, -0.2) is 29.9 Å². The number of nitrogens with zero attached hydrogens (tertiary/aromatic N) is 6. The molecule has 8 rings (SSSR count). The Morgan fingerprint density at radius 1 is 0.409 bits per heavy atom. The average molecular weight is 571 g/mol. The summed E-state index contributed by atoms with van der Waals surface area (Å²) in [5.41, 5.74) is 6.59. The lowest BCUT2D eigenvalue weighted by molar-refractivity contribution is 0.586. The van der Waals surface area contributed by atoms with Crippen molar-refractivity contribution in [1.29, 1.82) is 0 Å². The van der Waals surface area contributed by atoms with Gasteiger partial charge in [0.2, 0.25) is 11.8 Å². The Morgan fingerprint density at radius 2 is 0.886 bits per heavy atom. The topological polar surface area (TPSA) is 104 Å². The van der Waals surface area contributed by atoms with Crippen LogP contribution in [0.15, 0.2) is 143 Å². The largest absolute Gasteiger partial charge is 0.434 e. The molecule has 2 aromatic carbocycles. The van der Waals surface area contributed by atoms with Crippen molar-refractivity contribution in [2.24, 2.45) is 0 Å². The van der Waals surface area contributed by atoms with E-state index in [0.717, 1.165) is 44.4 Å². The van der Waals surface area contributed by atoms with E-state index in [1.165, 1.54) is 0 Å². The van der Waals surface area contributed by atoms with E-state index >= 15 is 0 Å². The highest BCUT2D eigenvalue weighted by atomic mass is 16.4. The van der Waals surface area contributed by atoms with E-state index in [1.807, 2.05) is 97.1 Å². The number of oxazole rings is 2. The van der Waals surface area contributed by atoms with Crippen LogP contribution in [0.1, 0.15) is 0 Å². The Hall–Kier alpha value is -6.28. The highest BCUT2D eigenvalue weighted by Gasteiger charge is 2.18. The normalized spacial score (nSPS) is 11.2. The summed E-state index contributed by atoms with van der Waals surface area (Å²) in [6, 6.07) is 31.4. The first-order chi connectivity index (χ1) is 21.8. The van der Waals surface area contributed by atoms with E-state index in [9.17, 15) is 0 Å². The van der Waals surface area contributed by atoms with Crippen molar-refractivity contribution < 1.29 is 8.83 Å². The van der Waals surface area contributed by atoms with Crippen LogP contribution < -0.4 is 0 Å². The molecule has 0 bridgehead atoms. The Labute approximate surface area is 251 Å². The zero-order valence-electron chi connectivity index (χ0n) is 23.2. The van der Waals surface area contributed by atoms with Crippen LogP contribution in [0.4, 0.5) is 0 Å². The summed E-state index contributed by atoms with van der Waals surface area (Å²) in [6.07, 6.45) is 10.5. The van der Waals surface area contributed by atoms with Gasteiger partial charge in [0.1, 0.15) is 11.4 Å². The second-order valence-electron chi connectivity index (χ2n) is 10.1. The van der Waals surface area contributed by atoms with E-state index in [1.54, 1.807) is 37.2 Å². The van der Waals surface area contributed by atoms with Crippen molar-refractivity contribution in [2.75, 3.05) is 0 Å². The molecule has 0 unspecified atom stereocenters. The molecule has 0 saturated heterocycles. The van der Waals surface area contributed by atoms with Crippen LogP contribution in [0.25, 0.3) is 79.1 Å². The van der Waals surface area contributed by atoms with Gasteiger partial charge >= 0.3 is 0 Å². The number of benzene rings is 2. The Bertz CT molecular complexity index is 2080. The SMILES string of the molecule is c1cncc(-c2cccc(-c3cnc(-c4ccc(-c5ncc(-c6cccc(-c7cccnc7)n6)o5)c5ccccc45)o3)n2)c1. The first-order valence-corrected chi connectivity index (χ1v) is 14.0. The highest BCUT2D eigenvalue weighted by molar-refractivity contribution is 6.02. The third kappa shape index (κ3) is 4.70. The van der Waals surface area contributed by atoms with Gasteiger partial charge in [-0.15, -0.1) is 0 Å². The van der Waals surface area contributed by atoms with Gasteiger partial charge in [0.05, 0.1) is 23.8 Å². The van der Waals surface area contributed by atoms with Crippen molar-refractivity contribution in [3.05, 3.63) is 134 Å². The molecule has 6 aromatic heterocycles. The molecule has 0 spiro atoms. The van der Waals surface area contributed by atoms with Crippen molar-refractivity contribution in [1.82, 2.24) is 29.9 Å². The molecule has 6 heterocycles. The lowest BCUT2D eigenvalue weighted by Crippen LogP contribution is -1.87. The predicted octanol–water partition coefficient (Wildman–Crippen LogP) is 8.40. The molecule has 44 heavy (non-hydrogen) atoms. The second-order valence-corrected chi connectivity index (χ2v) is 10.1. The maximum atomic E-state index is 6.27. The molecule has 0 amide bonds. The number of hydrogen-bond donors (Lipinski definition) is 0. The molecule has 0 N–H and O–H groups in total. The second kappa shape index (κ2) is 10.8. The molecule has 0 aliphatic carbocycles. The van der Waals surface area contributed by atoms with E-state index in [-0.39, 0.29) is 0 Å². The van der Waals surface area contributed by atoms with Crippen LogP contribution in [-0.2, 0) is 0 Å². The number of aromatic nitrogens is 6. The van der Waals surface area contributed by atoms with Gasteiger partial charge in [0, 0.05) is 47.0 Å². The molecule has 8 nitrogen and oxygen atoms in total. The monoisotopic (exact) mass is 570 g/mol. The fraction of sp³-hybridized carbons (Fsp3) is 0. The summed E-state index contributed by atoms with van der Waals surface area (Å²) < 4.78 is 12.5. The third-order valence-electron chi connectivity index (χ3n) is 7.31. The van der Waals surface area contributed by atoms with Gasteiger partial charge in [-0.05, 0) is 71.4 Å². The minimum Gasteiger partial charge on any atom is -0.434 e. The van der Waals surface area contributed by atoms with Crippen molar-refractivity contribution in [3.8, 4) is 68.3 Å². The zero-order chi connectivity index (χ0) is 29.3. The van der Waals surface area contributed by atoms with Crippen LogP contribution in [0.2, 0.25) is 0 Å². The van der Waals surface area contributed by atoms with Gasteiger partial charge in [-0.2, -0.15) is 0 Å².